The number of aliphatic carboxylic acids is 1. The highest BCUT2D eigenvalue weighted by Gasteiger charge is 2.11. The van der Waals surface area contributed by atoms with Crippen LogP contribution in [-0.2, 0) is 4.79 Å². The molecule has 0 aromatic carbocycles. The zero-order valence-electron chi connectivity index (χ0n) is 11.4. The second kappa shape index (κ2) is 8.97. The van der Waals surface area contributed by atoms with E-state index in [1.165, 1.54) is 0 Å². The third kappa shape index (κ3) is 6.39. The first-order valence-electron chi connectivity index (χ1n) is 6.67. The second-order valence-electron chi connectivity index (χ2n) is 4.67. The Kier molecular flexibility index (Phi) is 7.62. The van der Waals surface area contributed by atoms with Gasteiger partial charge < -0.3 is 10.4 Å². The van der Waals surface area contributed by atoms with Crippen LogP contribution in [0.2, 0.25) is 10.3 Å². The number of nitrogens with zero attached hydrogens (tertiary/aromatic N) is 2. The predicted molar refractivity (Wildman–Crippen MR) is 80.4 cm³/mol. The number of hydrogen-bond acceptors (Lipinski definition) is 4. The Morgan fingerprint density at radius 1 is 1.35 bits per heavy atom. The highest BCUT2D eigenvalue weighted by Crippen LogP contribution is 2.22. The van der Waals surface area contributed by atoms with Gasteiger partial charge in [-0.15, -0.1) is 10.2 Å². The summed E-state index contributed by atoms with van der Waals surface area (Å²) in [6.45, 7) is 2.80. The molecule has 1 atom stereocenters. The fourth-order valence-electron chi connectivity index (χ4n) is 2.06. The van der Waals surface area contributed by atoms with Crippen molar-refractivity contribution in [3.8, 4) is 0 Å². The third-order valence-corrected chi connectivity index (χ3v) is 3.51. The minimum atomic E-state index is -0.743. The largest absolute Gasteiger partial charge is 0.481 e. The SMILES string of the molecule is CCCC(CCNc1cc(Cl)nnc1Cl)CCC(=O)O. The number of anilines is 1. The van der Waals surface area contributed by atoms with Crippen LogP contribution < -0.4 is 5.32 Å². The summed E-state index contributed by atoms with van der Waals surface area (Å²) in [5.74, 6) is -0.347. The second-order valence-corrected chi connectivity index (χ2v) is 5.42. The molecule has 0 aliphatic carbocycles. The number of carbonyl (C=O) groups is 1. The van der Waals surface area contributed by atoms with Gasteiger partial charge in [0.05, 0.1) is 5.69 Å². The van der Waals surface area contributed by atoms with Crippen molar-refractivity contribution in [1.82, 2.24) is 10.2 Å². The van der Waals surface area contributed by atoms with Crippen molar-refractivity contribution in [3.05, 3.63) is 16.4 Å². The lowest BCUT2D eigenvalue weighted by molar-refractivity contribution is -0.137. The summed E-state index contributed by atoms with van der Waals surface area (Å²) in [7, 11) is 0. The van der Waals surface area contributed by atoms with Crippen molar-refractivity contribution in [3.63, 3.8) is 0 Å². The monoisotopic (exact) mass is 319 g/mol. The molecule has 0 amide bonds. The molecule has 0 fully saturated rings. The number of carboxylic acids is 1. The lowest BCUT2D eigenvalue weighted by atomic mass is 9.94. The molecule has 20 heavy (non-hydrogen) atoms. The van der Waals surface area contributed by atoms with E-state index in [0.717, 1.165) is 19.3 Å². The summed E-state index contributed by atoms with van der Waals surface area (Å²) in [6, 6.07) is 1.63. The fraction of sp³-hybridized carbons (Fsp3) is 0.615. The van der Waals surface area contributed by atoms with Gasteiger partial charge in [0, 0.05) is 19.0 Å². The molecule has 0 aliphatic rings. The Labute approximate surface area is 128 Å². The number of hydrogen-bond donors (Lipinski definition) is 2. The summed E-state index contributed by atoms with van der Waals surface area (Å²) >= 11 is 11.7. The van der Waals surface area contributed by atoms with Crippen LogP contribution >= 0.6 is 23.2 Å². The molecule has 1 unspecified atom stereocenters. The zero-order chi connectivity index (χ0) is 15.0. The van der Waals surface area contributed by atoms with E-state index >= 15 is 0 Å². The van der Waals surface area contributed by atoms with Crippen LogP contribution in [0.3, 0.4) is 0 Å². The van der Waals surface area contributed by atoms with Gasteiger partial charge in [0.2, 0.25) is 0 Å². The van der Waals surface area contributed by atoms with Gasteiger partial charge >= 0.3 is 5.97 Å². The van der Waals surface area contributed by atoms with Gasteiger partial charge in [-0.1, -0.05) is 43.0 Å². The molecule has 0 bridgehead atoms. The van der Waals surface area contributed by atoms with E-state index < -0.39 is 5.97 Å². The van der Waals surface area contributed by atoms with Crippen molar-refractivity contribution < 1.29 is 9.90 Å². The van der Waals surface area contributed by atoms with Crippen LogP contribution in [0.25, 0.3) is 0 Å². The van der Waals surface area contributed by atoms with Gasteiger partial charge in [-0.25, -0.2) is 0 Å². The standard InChI is InChI=1S/C13H19Cl2N3O2/c1-2-3-9(4-5-12(19)20)6-7-16-10-8-11(14)17-18-13(10)15/h8-9H,2-7H2,1H3,(H,16,17)(H,19,20). The van der Waals surface area contributed by atoms with Gasteiger partial charge in [-0.3, -0.25) is 4.79 Å². The topological polar surface area (TPSA) is 75.1 Å². The summed E-state index contributed by atoms with van der Waals surface area (Å²) in [5.41, 5.74) is 0.653. The minimum absolute atomic E-state index is 0.216. The molecule has 2 N–H and O–H groups in total. The maximum atomic E-state index is 10.6. The van der Waals surface area contributed by atoms with Gasteiger partial charge in [-0.05, 0) is 18.8 Å². The van der Waals surface area contributed by atoms with E-state index in [2.05, 4.69) is 22.4 Å². The number of rotatable bonds is 9. The molecule has 1 rings (SSSR count). The molecule has 0 saturated heterocycles. The molecular weight excluding hydrogens is 301 g/mol. The number of aromatic nitrogens is 2. The maximum Gasteiger partial charge on any atom is 0.303 e. The average molecular weight is 320 g/mol. The van der Waals surface area contributed by atoms with Crippen LogP contribution in [-0.4, -0.2) is 27.8 Å². The summed E-state index contributed by atoms with van der Waals surface area (Å²) in [4.78, 5) is 10.6. The van der Waals surface area contributed by atoms with Gasteiger partial charge in [0.1, 0.15) is 0 Å². The normalized spacial score (nSPS) is 12.2. The summed E-state index contributed by atoms with van der Waals surface area (Å²) in [5, 5.41) is 19.8. The molecule has 0 saturated carbocycles. The van der Waals surface area contributed by atoms with E-state index in [0.29, 0.717) is 24.6 Å². The predicted octanol–water partition coefficient (Wildman–Crippen LogP) is 3.87. The first kappa shape index (κ1) is 17.0. The van der Waals surface area contributed by atoms with Crippen molar-refractivity contribution in [2.24, 2.45) is 5.92 Å². The van der Waals surface area contributed by atoms with Crippen LogP contribution in [0.1, 0.15) is 39.0 Å². The summed E-state index contributed by atoms with van der Waals surface area (Å²) < 4.78 is 0. The van der Waals surface area contributed by atoms with Gasteiger partial charge in [0.15, 0.2) is 10.3 Å². The Morgan fingerprint density at radius 3 is 2.75 bits per heavy atom. The number of nitrogens with one attached hydrogen (secondary N) is 1. The van der Waals surface area contributed by atoms with Crippen molar-refractivity contribution in [1.29, 1.82) is 0 Å². The van der Waals surface area contributed by atoms with Crippen molar-refractivity contribution in [2.75, 3.05) is 11.9 Å². The number of carboxylic acid groups (broad SMARTS) is 1. The van der Waals surface area contributed by atoms with Crippen LogP contribution in [0.15, 0.2) is 6.07 Å². The summed E-state index contributed by atoms with van der Waals surface area (Å²) in [6.07, 6.45) is 3.88. The molecule has 0 spiro atoms. The Hall–Kier alpha value is -1.07. The molecule has 112 valence electrons. The highest BCUT2D eigenvalue weighted by molar-refractivity contribution is 6.33. The lowest BCUT2D eigenvalue weighted by Crippen LogP contribution is -2.11. The molecule has 1 aromatic rings. The lowest BCUT2D eigenvalue weighted by Gasteiger charge is -2.16. The fourth-order valence-corrected chi connectivity index (χ4v) is 2.36. The van der Waals surface area contributed by atoms with Gasteiger partial charge in [0.25, 0.3) is 0 Å². The highest BCUT2D eigenvalue weighted by atomic mass is 35.5. The smallest absolute Gasteiger partial charge is 0.303 e. The molecule has 1 aromatic heterocycles. The third-order valence-electron chi connectivity index (χ3n) is 3.05. The molecule has 1 heterocycles. The van der Waals surface area contributed by atoms with Crippen LogP contribution in [0.4, 0.5) is 5.69 Å². The maximum absolute atomic E-state index is 10.6. The van der Waals surface area contributed by atoms with E-state index in [4.69, 9.17) is 28.3 Å². The quantitative estimate of drug-likeness (QED) is 0.722. The minimum Gasteiger partial charge on any atom is -0.481 e. The Bertz CT molecular complexity index is 444. The van der Waals surface area contributed by atoms with Crippen molar-refractivity contribution in [2.45, 2.75) is 39.0 Å². The van der Waals surface area contributed by atoms with E-state index in [1.54, 1.807) is 6.07 Å². The van der Waals surface area contributed by atoms with Crippen LogP contribution in [0, 0.1) is 5.92 Å². The molecular formula is C13H19Cl2N3O2. The molecule has 0 aliphatic heterocycles. The van der Waals surface area contributed by atoms with Crippen LogP contribution in [0.5, 0.6) is 0 Å². The van der Waals surface area contributed by atoms with Crippen molar-refractivity contribution >= 4 is 34.9 Å². The van der Waals surface area contributed by atoms with E-state index in [1.807, 2.05) is 0 Å². The zero-order valence-corrected chi connectivity index (χ0v) is 12.9. The average Bonchev–Trinajstić information content (AvgIpc) is 2.40. The number of halogens is 2. The molecule has 0 radical (unpaired) electrons. The Balaban J connectivity index is 2.42. The molecule has 5 nitrogen and oxygen atoms in total. The van der Waals surface area contributed by atoms with Gasteiger partial charge in [-0.2, -0.15) is 0 Å². The van der Waals surface area contributed by atoms with E-state index in [9.17, 15) is 4.79 Å². The van der Waals surface area contributed by atoms with E-state index in [-0.39, 0.29) is 16.7 Å². The first-order valence-corrected chi connectivity index (χ1v) is 7.43. The first-order chi connectivity index (χ1) is 9.52. The molecule has 7 heteroatoms. The Morgan fingerprint density at radius 2 is 2.10 bits per heavy atom.